The Kier molecular flexibility index (Phi) is 5.55. The van der Waals surface area contributed by atoms with Gasteiger partial charge >= 0.3 is 0 Å². The van der Waals surface area contributed by atoms with Crippen LogP contribution in [0.4, 0.5) is 11.4 Å². The lowest BCUT2D eigenvalue weighted by Gasteiger charge is -2.39. The van der Waals surface area contributed by atoms with Crippen LogP contribution in [0.3, 0.4) is 0 Å². The average Bonchev–Trinajstić information content (AvgIpc) is 3.50. The molecule has 1 aliphatic carbocycles. The SMILES string of the molecule is CC1(C)CCN(c2ccc(C3CC3)cc2NC(=O)c2ccc(C3CCOCC3)o2)CC1. The molecule has 5 rings (SSSR count). The molecular formula is C26H34N2O3. The summed E-state index contributed by atoms with van der Waals surface area (Å²) in [5.74, 6) is 2.13. The van der Waals surface area contributed by atoms with Crippen molar-refractivity contribution in [3.05, 3.63) is 47.4 Å². The van der Waals surface area contributed by atoms with Gasteiger partial charge in [0.05, 0.1) is 11.4 Å². The molecule has 0 radical (unpaired) electrons. The molecule has 31 heavy (non-hydrogen) atoms. The molecule has 1 amide bonds. The molecule has 1 N–H and O–H groups in total. The fourth-order valence-corrected chi connectivity index (χ4v) is 4.81. The largest absolute Gasteiger partial charge is 0.456 e. The second kappa shape index (κ2) is 8.34. The number of hydrogen-bond acceptors (Lipinski definition) is 4. The van der Waals surface area contributed by atoms with E-state index in [0.717, 1.165) is 69.1 Å². The summed E-state index contributed by atoms with van der Waals surface area (Å²) >= 11 is 0. The van der Waals surface area contributed by atoms with Gasteiger partial charge < -0.3 is 19.4 Å². The van der Waals surface area contributed by atoms with Crippen LogP contribution < -0.4 is 10.2 Å². The molecule has 166 valence electrons. The summed E-state index contributed by atoms with van der Waals surface area (Å²) in [5, 5.41) is 3.19. The Morgan fingerprint density at radius 1 is 1.00 bits per heavy atom. The quantitative estimate of drug-likeness (QED) is 0.649. The Bertz CT molecular complexity index is 928. The van der Waals surface area contributed by atoms with Gasteiger partial charge in [-0.05, 0) is 79.7 Å². The normalized spacial score (nSPS) is 21.8. The van der Waals surface area contributed by atoms with Gasteiger partial charge in [-0.25, -0.2) is 0 Å². The summed E-state index contributed by atoms with van der Waals surface area (Å²) in [7, 11) is 0. The summed E-state index contributed by atoms with van der Waals surface area (Å²) in [5.41, 5.74) is 3.77. The van der Waals surface area contributed by atoms with E-state index in [9.17, 15) is 4.79 Å². The number of hydrogen-bond donors (Lipinski definition) is 1. The van der Waals surface area contributed by atoms with Crippen LogP contribution in [-0.4, -0.2) is 32.2 Å². The van der Waals surface area contributed by atoms with E-state index in [4.69, 9.17) is 9.15 Å². The number of nitrogens with one attached hydrogen (secondary N) is 1. The van der Waals surface area contributed by atoms with Gasteiger partial charge in [0.25, 0.3) is 5.91 Å². The number of amides is 1. The highest BCUT2D eigenvalue weighted by Crippen LogP contribution is 2.43. The molecule has 2 saturated heterocycles. The number of nitrogens with zero attached hydrogens (tertiary/aromatic N) is 1. The van der Waals surface area contributed by atoms with E-state index in [2.05, 4.69) is 42.3 Å². The Balaban J connectivity index is 1.35. The molecule has 1 saturated carbocycles. The first-order chi connectivity index (χ1) is 15.0. The summed E-state index contributed by atoms with van der Waals surface area (Å²) in [4.78, 5) is 15.5. The zero-order valence-corrected chi connectivity index (χ0v) is 18.8. The van der Waals surface area contributed by atoms with E-state index >= 15 is 0 Å². The topological polar surface area (TPSA) is 54.7 Å². The third-order valence-corrected chi connectivity index (χ3v) is 7.25. The van der Waals surface area contributed by atoms with E-state index in [1.807, 2.05) is 12.1 Å². The summed E-state index contributed by atoms with van der Waals surface area (Å²) in [6, 6.07) is 10.4. The highest BCUT2D eigenvalue weighted by atomic mass is 16.5. The lowest BCUT2D eigenvalue weighted by atomic mass is 9.82. The van der Waals surface area contributed by atoms with Crippen molar-refractivity contribution in [3.8, 4) is 0 Å². The minimum Gasteiger partial charge on any atom is -0.456 e. The average molecular weight is 423 g/mol. The fourth-order valence-electron chi connectivity index (χ4n) is 4.81. The van der Waals surface area contributed by atoms with E-state index in [0.29, 0.717) is 23.0 Å². The molecule has 5 nitrogen and oxygen atoms in total. The maximum Gasteiger partial charge on any atom is 0.291 e. The van der Waals surface area contributed by atoms with Gasteiger partial charge in [-0.1, -0.05) is 19.9 Å². The number of furan rings is 1. The van der Waals surface area contributed by atoms with E-state index in [1.54, 1.807) is 0 Å². The molecular weight excluding hydrogens is 388 g/mol. The lowest BCUT2D eigenvalue weighted by Crippen LogP contribution is -2.37. The Hall–Kier alpha value is -2.27. The molecule has 2 aliphatic heterocycles. The zero-order chi connectivity index (χ0) is 21.4. The molecule has 1 aromatic heterocycles. The maximum atomic E-state index is 13.1. The first-order valence-electron chi connectivity index (χ1n) is 11.9. The van der Waals surface area contributed by atoms with Crippen molar-refractivity contribution >= 4 is 17.3 Å². The van der Waals surface area contributed by atoms with E-state index in [-0.39, 0.29) is 5.91 Å². The van der Waals surface area contributed by atoms with Crippen LogP contribution in [0.15, 0.2) is 34.7 Å². The summed E-state index contributed by atoms with van der Waals surface area (Å²) in [6.45, 7) is 8.25. The highest BCUT2D eigenvalue weighted by Gasteiger charge is 2.29. The number of rotatable bonds is 5. The zero-order valence-electron chi connectivity index (χ0n) is 18.8. The van der Waals surface area contributed by atoms with Gasteiger partial charge in [-0.2, -0.15) is 0 Å². The minimum atomic E-state index is -0.162. The molecule has 0 spiro atoms. The number of carbonyl (C=O) groups is 1. The predicted molar refractivity (Wildman–Crippen MR) is 123 cm³/mol. The number of piperidine rings is 1. The third kappa shape index (κ3) is 4.67. The molecule has 0 bridgehead atoms. The first-order valence-corrected chi connectivity index (χ1v) is 11.9. The molecule has 3 heterocycles. The van der Waals surface area contributed by atoms with Gasteiger partial charge in [0, 0.05) is 32.2 Å². The lowest BCUT2D eigenvalue weighted by molar-refractivity contribution is 0.0799. The van der Waals surface area contributed by atoms with Gasteiger partial charge in [0.1, 0.15) is 5.76 Å². The molecule has 0 unspecified atom stereocenters. The van der Waals surface area contributed by atoms with Crippen molar-refractivity contribution in [2.45, 2.75) is 64.2 Å². The Labute approximate surface area is 185 Å². The van der Waals surface area contributed by atoms with Crippen LogP contribution in [0.2, 0.25) is 0 Å². The number of anilines is 2. The highest BCUT2D eigenvalue weighted by molar-refractivity contribution is 6.04. The van der Waals surface area contributed by atoms with Crippen molar-refractivity contribution in [2.24, 2.45) is 5.41 Å². The molecule has 5 heteroatoms. The van der Waals surface area contributed by atoms with Crippen LogP contribution >= 0.6 is 0 Å². The molecule has 3 fully saturated rings. The number of benzene rings is 1. The fraction of sp³-hybridized carbons (Fsp3) is 0.577. The monoisotopic (exact) mass is 422 g/mol. The predicted octanol–water partition coefficient (Wildman–Crippen LogP) is 5.93. The Morgan fingerprint density at radius 2 is 1.74 bits per heavy atom. The third-order valence-electron chi connectivity index (χ3n) is 7.25. The van der Waals surface area contributed by atoms with Crippen LogP contribution in [0.25, 0.3) is 0 Å². The van der Waals surface area contributed by atoms with Crippen molar-refractivity contribution in [1.29, 1.82) is 0 Å². The molecule has 2 aromatic rings. The molecule has 3 aliphatic rings. The van der Waals surface area contributed by atoms with Crippen molar-refractivity contribution in [2.75, 3.05) is 36.5 Å². The first kappa shape index (κ1) is 20.6. The minimum absolute atomic E-state index is 0.162. The smallest absolute Gasteiger partial charge is 0.291 e. The standard InChI is InChI=1S/C26H34N2O3/c1-26(2)11-13-28(14-12-26)22-6-5-20(18-3-4-18)17-21(22)27-25(29)24-8-7-23(31-24)19-9-15-30-16-10-19/h5-8,17-19H,3-4,9-16H2,1-2H3,(H,27,29). The van der Waals surface area contributed by atoms with Crippen molar-refractivity contribution in [3.63, 3.8) is 0 Å². The van der Waals surface area contributed by atoms with Crippen LogP contribution in [0.5, 0.6) is 0 Å². The van der Waals surface area contributed by atoms with E-state index < -0.39 is 0 Å². The van der Waals surface area contributed by atoms with Gasteiger partial charge in [-0.15, -0.1) is 0 Å². The van der Waals surface area contributed by atoms with Gasteiger partial charge in [0.2, 0.25) is 0 Å². The molecule has 1 aromatic carbocycles. The molecule has 0 atom stereocenters. The summed E-state index contributed by atoms with van der Waals surface area (Å²) < 4.78 is 11.4. The van der Waals surface area contributed by atoms with Gasteiger partial charge in [-0.3, -0.25) is 4.79 Å². The van der Waals surface area contributed by atoms with Gasteiger partial charge in [0.15, 0.2) is 5.76 Å². The maximum absolute atomic E-state index is 13.1. The van der Waals surface area contributed by atoms with Crippen molar-refractivity contribution < 1.29 is 13.9 Å². The van der Waals surface area contributed by atoms with E-state index in [1.165, 1.54) is 18.4 Å². The van der Waals surface area contributed by atoms with Crippen LogP contribution in [-0.2, 0) is 4.74 Å². The Morgan fingerprint density at radius 3 is 2.45 bits per heavy atom. The van der Waals surface area contributed by atoms with Crippen LogP contribution in [0, 0.1) is 5.41 Å². The van der Waals surface area contributed by atoms with Crippen molar-refractivity contribution in [1.82, 2.24) is 0 Å². The number of ether oxygens (including phenoxy) is 1. The number of carbonyl (C=O) groups excluding carboxylic acids is 1. The summed E-state index contributed by atoms with van der Waals surface area (Å²) in [6.07, 6.45) is 6.73. The second-order valence-corrected chi connectivity index (χ2v) is 10.2. The second-order valence-electron chi connectivity index (χ2n) is 10.2. The van der Waals surface area contributed by atoms with Crippen LogP contribution in [0.1, 0.15) is 86.1 Å².